The second-order valence-corrected chi connectivity index (χ2v) is 17.3. The Morgan fingerprint density at radius 1 is 0.350 bits per heavy atom. The minimum absolute atomic E-state index is 0.0503. The fourth-order valence-electron chi connectivity index (χ4n) is 4.42. The van der Waals surface area contributed by atoms with Gasteiger partial charge in [-0.05, 0) is 65.9 Å². The van der Waals surface area contributed by atoms with Crippen LogP contribution in [0.4, 0.5) is 0 Å². The Kier molecular flexibility index (Phi) is 12.4. The molecule has 0 amide bonds. The van der Waals surface area contributed by atoms with E-state index in [0.717, 1.165) is 22.3 Å². The van der Waals surface area contributed by atoms with Crippen molar-refractivity contribution in [3.8, 4) is 11.5 Å². The van der Waals surface area contributed by atoms with Gasteiger partial charge >= 0.3 is 0 Å². The third kappa shape index (κ3) is 10.4. The van der Waals surface area contributed by atoms with Crippen molar-refractivity contribution in [2.75, 3.05) is 0 Å². The molecule has 0 saturated heterocycles. The van der Waals surface area contributed by atoms with Crippen LogP contribution in [-0.4, -0.2) is 26.5 Å². The van der Waals surface area contributed by atoms with Gasteiger partial charge in [-0.15, -0.1) is 5.79 Å². The molecule has 0 aliphatic carbocycles. The van der Waals surface area contributed by atoms with Crippen molar-refractivity contribution in [3.63, 3.8) is 0 Å². The molecule has 0 fully saturated rings. The smallest absolute Gasteiger partial charge is 0.123 e. The summed E-state index contributed by atoms with van der Waals surface area (Å²) in [5.74, 6) is 2.85. The number of hydrogen-bond donors (Lipinski definition) is 2. The first kappa shape index (κ1) is 38.6. The van der Waals surface area contributed by atoms with E-state index >= 15 is 0 Å². The zero-order valence-corrected chi connectivity index (χ0v) is 30.9. The molecule has 0 heterocycles. The molecular weight excluding hydrogens is 503 g/mol. The summed E-state index contributed by atoms with van der Waals surface area (Å²) >= 11 is 2.42. The Balaban J connectivity index is 0.000000716. The van der Waals surface area contributed by atoms with E-state index in [9.17, 15) is 10.2 Å². The zero-order chi connectivity index (χ0) is 32.4. The van der Waals surface area contributed by atoms with Crippen LogP contribution in [0.1, 0.15) is 158 Å². The number of phenols is 2. The van der Waals surface area contributed by atoms with E-state index in [1.807, 2.05) is 5.79 Å². The summed E-state index contributed by atoms with van der Waals surface area (Å²) in [4.78, 5) is 0. The van der Waals surface area contributed by atoms with Crippen molar-refractivity contribution < 1.29 is 10.2 Å². The second kappa shape index (κ2) is 12.8. The van der Waals surface area contributed by atoms with Crippen molar-refractivity contribution >= 4 is 16.3 Å². The van der Waals surface area contributed by atoms with Crippen molar-refractivity contribution in [2.45, 2.75) is 163 Å². The molecule has 2 aromatic carbocycles. The first-order valence-corrected chi connectivity index (χ1v) is 16.0. The Morgan fingerprint density at radius 3 is 0.600 bits per heavy atom. The van der Waals surface area contributed by atoms with Gasteiger partial charge < -0.3 is 10.2 Å². The fraction of sp³-hybridized carbons (Fsp3) is 0.676. The van der Waals surface area contributed by atoms with Crippen LogP contribution in [0.5, 0.6) is 11.5 Å². The molecule has 0 saturated carbocycles. The summed E-state index contributed by atoms with van der Waals surface area (Å²) in [6.07, 6.45) is 0. The first-order chi connectivity index (χ1) is 17.5. The highest BCUT2D eigenvalue weighted by Crippen LogP contribution is 2.43. The Labute approximate surface area is 257 Å². The maximum Gasteiger partial charge on any atom is 0.123 e. The van der Waals surface area contributed by atoms with E-state index in [-0.39, 0.29) is 32.5 Å². The summed E-state index contributed by atoms with van der Waals surface area (Å²) in [5.41, 5.74) is 6.75. The van der Waals surface area contributed by atoms with Gasteiger partial charge in [0.1, 0.15) is 27.8 Å². The zero-order valence-electron chi connectivity index (χ0n) is 29.8. The van der Waals surface area contributed by atoms with Gasteiger partial charge in [0.15, 0.2) is 0 Å². The van der Waals surface area contributed by atoms with E-state index in [1.165, 1.54) is 11.1 Å². The molecule has 0 bridgehead atoms. The third-order valence-corrected chi connectivity index (χ3v) is 7.18. The van der Waals surface area contributed by atoms with Crippen LogP contribution in [0.25, 0.3) is 0 Å². The molecule has 40 heavy (non-hydrogen) atoms. The minimum atomic E-state index is -0.0503. The Hall–Kier alpha value is -1.43. The number of rotatable bonds is 0. The van der Waals surface area contributed by atoms with Gasteiger partial charge in [0, 0.05) is 0 Å². The normalized spacial score (nSPS) is 13.2. The van der Waals surface area contributed by atoms with Gasteiger partial charge in [-0.1, -0.05) is 149 Å². The lowest BCUT2D eigenvalue weighted by atomic mass is 9.75. The summed E-state index contributed by atoms with van der Waals surface area (Å²) in [5, 5.41) is 21.3. The van der Waals surface area contributed by atoms with E-state index in [1.54, 1.807) is 0 Å². The minimum Gasteiger partial charge on any atom is -0.507 e. The maximum absolute atomic E-state index is 10.7. The van der Waals surface area contributed by atoms with Crippen molar-refractivity contribution in [2.24, 2.45) is 0 Å². The van der Waals surface area contributed by atoms with E-state index < -0.39 is 0 Å². The maximum atomic E-state index is 10.7. The van der Waals surface area contributed by atoms with Gasteiger partial charge in [-0.2, -0.15) is 0 Å². The van der Waals surface area contributed by atoms with Crippen LogP contribution in [0.2, 0.25) is 5.79 Å². The van der Waals surface area contributed by atoms with Crippen LogP contribution in [0.3, 0.4) is 0 Å². The predicted octanol–water partition coefficient (Wildman–Crippen LogP) is 10.8. The largest absolute Gasteiger partial charge is 0.507 e. The molecule has 0 unspecified atom stereocenters. The van der Waals surface area contributed by atoms with E-state index in [0.29, 0.717) is 11.5 Å². The molecule has 0 spiro atoms. The highest BCUT2D eigenvalue weighted by Gasteiger charge is 2.30. The Morgan fingerprint density at radius 2 is 0.500 bits per heavy atom. The molecule has 2 radical (unpaired) electrons. The molecule has 0 aliphatic heterocycles. The molecule has 0 aliphatic rings. The van der Waals surface area contributed by atoms with Crippen molar-refractivity contribution in [1.29, 1.82) is 0 Å². The molecular formula is C37H63AlO2. The lowest BCUT2D eigenvalue weighted by Gasteiger charge is -2.31. The number of hydrogen-bond acceptors (Lipinski definition) is 2. The van der Waals surface area contributed by atoms with Gasteiger partial charge in [-0.3, -0.25) is 0 Å². The number of aromatic hydroxyl groups is 2. The Bertz CT molecular complexity index is 952. The topological polar surface area (TPSA) is 40.5 Å². The SMILES string of the molecule is CC(C)(C)c1cc(C(C)(C)C)c(O)c(C(C)(C)C)c1.CC(C)(C)c1cc(C(C)(C)C)c(O)c(C(C)(C)C)c1.[CH3][Al]. The van der Waals surface area contributed by atoms with Crippen LogP contribution in [0.15, 0.2) is 24.3 Å². The summed E-state index contributed by atoms with van der Waals surface area (Å²) in [7, 11) is 0. The molecule has 226 valence electrons. The van der Waals surface area contributed by atoms with Crippen molar-refractivity contribution in [3.05, 3.63) is 57.6 Å². The molecule has 2 nitrogen and oxygen atoms in total. The average molecular weight is 567 g/mol. The molecule has 0 atom stereocenters. The molecule has 2 rings (SSSR count). The molecule has 2 aromatic rings. The van der Waals surface area contributed by atoms with E-state index in [4.69, 9.17) is 0 Å². The van der Waals surface area contributed by atoms with E-state index in [2.05, 4.69) is 165 Å². The summed E-state index contributed by atoms with van der Waals surface area (Å²) in [6, 6.07) is 8.68. The monoisotopic (exact) mass is 566 g/mol. The highest BCUT2D eigenvalue weighted by molar-refractivity contribution is 6.05. The van der Waals surface area contributed by atoms with Gasteiger partial charge in [0.25, 0.3) is 0 Å². The second-order valence-electron chi connectivity index (χ2n) is 17.3. The summed E-state index contributed by atoms with van der Waals surface area (Å²) in [6.45, 7) is 39.2. The quantitative estimate of drug-likeness (QED) is 0.311. The lowest BCUT2D eigenvalue weighted by Crippen LogP contribution is -2.21. The fourth-order valence-corrected chi connectivity index (χ4v) is 4.42. The average Bonchev–Trinajstić information content (AvgIpc) is 2.70. The highest BCUT2D eigenvalue weighted by atomic mass is 27.0. The molecule has 3 heteroatoms. The van der Waals surface area contributed by atoms with Crippen LogP contribution in [-0.2, 0) is 32.5 Å². The van der Waals surface area contributed by atoms with Gasteiger partial charge in [0.05, 0.1) is 0 Å². The van der Waals surface area contributed by atoms with Crippen LogP contribution >= 0.6 is 0 Å². The van der Waals surface area contributed by atoms with Crippen LogP contribution in [0, 0.1) is 0 Å². The number of phenolic OH excluding ortho intramolecular Hbond substituents is 2. The lowest BCUT2D eigenvalue weighted by molar-refractivity contribution is 0.419. The van der Waals surface area contributed by atoms with Gasteiger partial charge in [-0.25, -0.2) is 0 Å². The molecule has 0 aromatic heterocycles. The van der Waals surface area contributed by atoms with Crippen molar-refractivity contribution in [1.82, 2.24) is 0 Å². The third-order valence-electron chi connectivity index (χ3n) is 7.18. The molecule has 2 N–H and O–H groups in total. The first-order valence-electron chi connectivity index (χ1n) is 14.8. The van der Waals surface area contributed by atoms with Gasteiger partial charge in [0.2, 0.25) is 0 Å². The van der Waals surface area contributed by atoms with Crippen LogP contribution < -0.4 is 0 Å². The standard InChI is InChI=1S/2C18H30O.CH3.Al/c2*1-16(2,3)12-10-13(17(4,5)6)15(19)14(11-12)18(7,8)9;;/h2*10-11,19H,1-9H3;1H3;. The number of benzene rings is 2. The summed E-state index contributed by atoms with van der Waals surface area (Å²) < 4.78 is 0. The predicted molar refractivity (Wildman–Crippen MR) is 180 cm³/mol.